The van der Waals surface area contributed by atoms with Crippen molar-refractivity contribution in [2.45, 2.75) is 9.35 Å². The van der Waals surface area contributed by atoms with Crippen LogP contribution in [-0.2, 0) is 0 Å². The van der Waals surface area contributed by atoms with E-state index in [2.05, 4.69) is 10.3 Å². The molecule has 1 unspecified atom stereocenters. The molecule has 0 aromatic heterocycles. The Morgan fingerprint density at radius 2 is 2.00 bits per heavy atom. The molecule has 1 N–H and O–H groups in total. The fourth-order valence-corrected chi connectivity index (χ4v) is 2.42. The number of nitrogens with zero attached hydrogens (tertiary/aromatic N) is 1. The first-order chi connectivity index (χ1) is 7.18. The predicted molar refractivity (Wildman–Crippen MR) is 66.7 cm³/mol. The zero-order valence-corrected chi connectivity index (χ0v) is 9.98. The lowest BCUT2D eigenvalue weighted by molar-refractivity contribution is 0.745. The van der Waals surface area contributed by atoms with Gasteiger partial charge in [0.2, 0.25) is 0 Å². The maximum Gasteiger partial charge on any atom is 0.259 e. The largest absolute Gasteiger partial charge is 0.346 e. The van der Waals surface area contributed by atoms with E-state index in [1.165, 1.54) is 11.8 Å². The Hall–Kier alpha value is -0.640. The maximum atomic E-state index is 6.22. The van der Waals surface area contributed by atoms with Crippen LogP contribution >= 0.6 is 35.0 Å². The second kappa shape index (κ2) is 4.47. The molecule has 0 saturated carbocycles. The van der Waals surface area contributed by atoms with Crippen molar-refractivity contribution < 1.29 is 0 Å². The highest BCUT2D eigenvalue weighted by Crippen LogP contribution is 2.36. The van der Waals surface area contributed by atoms with Gasteiger partial charge < -0.3 is 5.32 Å². The molecule has 1 aromatic rings. The summed E-state index contributed by atoms with van der Waals surface area (Å²) in [6, 6.07) is 7.47. The van der Waals surface area contributed by atoms with Gasteiger partial charge in [-0.2, -0.15) is 0 Å². The third-order valence-corrected chi connectivity index (χ3v) is 3.44. The van der Waals surface area contributed by atoms with Gasteiger partial charge >= 0.3 is 0 Å². The van der Waals surface area contributed by atoms with Crippen LogP contribution in [0.3, 0.4) is 0 Å². The molecule has 1 heterocycles. The van der Waals surface area contributed by atoms with Crippen molar-refractivity contribution in [2.24, 2.45) is 4.99 Å². The van der Waals surface area contributed by atoms with E-state index >= 15 is 0 Å². The van der Waals surface area contributed by atoms with Crippen molar-refractivity contribution in [3.63, 3.8) is 0 Å². The number of hydrogen-bond donors (Lipinski definition) is 1. The molecular weight excluding hydrogens is 251 g/mol. The summed E-state index contributed by atoms with van der Waals surface area (Å²) in [4.78, 5) is 5.16. The summed E-state index contributed by atoms with van der Waals surface area (Å²) in [7, 11) is 0. The Morgan fingerprint density at radius 1 is 1.27 bits per heavy atom. The van der Waals surface area contributed by atoms with E-state index in [4.69, 9.17) is 23.2 Å². The van der Waals surface area contributed by atoms with Crippen LogP contribution in [0, 0.1) is 0 Å². The first-order valence-corrected chi connectivity index (χ1v) is 5.87. The zero-order chi connectivity index (χ0) is 10.7. The van der Waals surface area contributed by atoms with Crippen LogP contribution in [0.2, 0.25) is 5.02 Å². The van der Waals surface area contributed by atoms with Crippen molar-refractivity contribution in [2.75, 3.05) is 0 Å². The Bertz CT molecular complexity index is 402. The van der Waals surface area contributed by atoms with Crippen molar-refractivity contribution >= 4 is 41.2 Å². The van der Waals surface area contributed by atoms with Gasteiger partial charge in [0.05, 0.1) is 0 Å². The molecule has 0 spiro atoms. The first kappa shape index (κ1) is 10.9. The Balaban J connectivity index is 2.11. The van der Waals surface area contributed by atoms with E-state index in [1.807, 2.05) is 24.3 Å². The highest BCUT2D eigenvalue weighted by atomic mass is 35.5. The van der Waals surface area contributed by atoms with Gasteiger partial charge in [-0.1, -0.05) is 35.0 Å². The summed E-state index contributed by atoms with van der Waals surface area (Å²) in [5.74, 6) is 0. The average molecular weight is 259 g/mol. The van der Waals surface area contributed by atoms with Gasteiger partial charge in [-0.05, 0) is 30.3 Å². The number of aliphatic imine (C=N–C) groups is 1. The third-order valence-electron chi connectivity index (χ3n) is 1.75. The number of thioether (sulfide) groups is 1. The average Bonchev–Trinajstić information content (AvgIpc) is 2.22. The number of alkyl halides is 1. The molecule has 1 aromatic carbocycles. The summed E-state index contributed by atoms with van der Waals surface area (Å²) >= 11 is 13.4. The maximum absolute atomic E-state index is 6.22. The quantitative estimate of drug-likeness (QED) is 0.649. The summed E-state index contributed by atoms with van der Waals surface area (Å²) in [5.41, 5.74) is 0. The second-order valence-electron chi connectivity index (χ2n) is 2.90. The van der Waals surface area contributed by atoms with Gasteiger partial charge in [0.15, 0.2) is 0 Å². The van der Waals surface area contributed by atoms with Crippen molar-refractivity contribution in [1.82, 2.24) is 5.32 Å². The van der Waals surface area contributed by atoms with E-state index in [0.717, 1.165) is 4.90 Å². The van der Waals surface area contributed by atoms with Crippen LogP contribution in [0.5, 0.6) is 0 Å². The fourth-order valence-electron chi connectivity index (χ4n) is 1.08. The molecule has 0 radical (unpaired) electrons. The van der Waals surface area contributed by atoms with E-state index in [-0.39, 0.29) is 0 Å². The number of benzene rings is 1. The second-order valence-corrected chi connectivity index (χ2v) is 5.37. The van der Waals surface area contributed by atoms with Crippen LogP contribution in [0.1, 0.15) is 0 Å². The predicted octanol–water partition coefficient (Wildman–Crippen LogP) is 3.47. The number of nitrogens with one attached hydrogen (secondary N) is 1. The normalized spacial score (nSPS) is 23.9. The molecule has 0 amide bonds. The Morgan fingerprint density at radius 3 is 2.60 bits per heavy atom. The molecule has 0 bridgehead atoms. The molecular formula is C10H8Cl2N2S. The molecule has 2 rings (SSSR count). The van der Waals surface area contributed by atoms with Crippen molar-refractivity contribution in [1.29, 1.82) is 0 Å². The van der Waals surface area contributed by atoms with E-state index in [9.17, 15) is 0 Å². The molecule has 5 heteroatoms. The Kier molecular flexibility index (Phi) is 3.24. The standard InChI is InChI=1S/C10H8Cl2N2S/c11-8-2-4-9(5-3-8)15-10(12)13-6-1-7-14-10/h1-7,13H. The topological polar surface area (TPSA) is 24.4 Å². The molecule has 0 saturated heterocycles. The lowest BCUT2D eigenvalue weighted by Gasteiger charge is -2.23. The smallest absolute Gasteiger partial charge is 0.259 e. The minimum Gasteiger partial charge on any atom is -0.346 e. The molecule has 0 fully saturated rings. The number of allylic oxidation sites excluding steroid dienone is 1. The van der Waals surface area contributed by atoms with Crippen LogP contribution in [0.25, 0.3) is 0 Å². The van der Waals surface area contributed by atoms with Crippen LogP contribution in [-0.4, -0.2) is 10.7 Å². The van der Waals surface area contributed by atoms with Gasteiger partial charge in [-0.3, -0.25) is 0 Å². The summed E-state index contributed by atoms with van der Waals surface area (Å²) in [6.45, 7) is 0. The van der Waals surface area contributed by atoms with Gasteiger partial charge in [0, 0.05) is 22.3 Å². The van der Waals surface area contributed by atoms with Gasteiger partial charge in [0.25, 0.3) is 4.45 Å². The first-order valence-electron chi connectivity index (χ1n) is 4.29. The van der Waals surface area contributed by atoms with E-state index in [1.54, 1.807) is 18.5 Å². The van der Waals surface area contributed by atoms with Gasteiger partial charge in [0.1, 0.15) is 0 Å². The Labute approximate surface area is 102 Å². The van der Waals surface area contributed by atoms with Crippen molar-refractivity contribution in [3.8, 4) is 0 Å². The van der Waals surface area contributed by atoms with Crippen LogP contribution in [0.4, 0.5) is 0 Å². The third kappa shape index (κ3) is 2.91. The minimum absolute atomic E-state index is 0.711. The minimum atomic E-state index is -0.845. The number of hydrogen-bond acceptors (Lipinski definition) is 3. The number of halogens is 2. The number of rotatable bonds is 2. The SMILES string of the molecule is Clc1ccc(SC2(Cl)N=CC=CN2)cc1. The lowest BCUT2D eigenvalue weighted by atomic mass is 10.4. The molecule has 1 atom stereocenters. The monoisotopic (exact) mass is 258 g/mol. The highest BCUT2D eigenvalue weighted by Gasteiger charge is 2.26. The van der Waals surface area contributed by atoms with Crippen molar-refractivity contribution in [3.05, 3.63) is 41.6 Å². The molecule has 2 nitrogen and oxygen atoms in total. The summed E-state index contributed by atoms with van der Waals surface area (Å²) in [5, 5.41) is 3.69. The van der Waals surface area contributed by atoms with Crippen LogP contribution in [0.15, 0.2) is 46.4 Å². The fraction of sp³-hybridized carbons (Fsp3) is 0.100. The summed E-state index contributed by atoms with van der Waals surface area (Å²) in [6.07, 6.45) is 5.23. The van der Waals surface area contributed by atoms with E-state index in [0.29, 0.717) is 5.02 Å². The molecule has 78 valence electrons. The molecule has 1 aliphatic heterocycles. The van der Waals surface area contributed by atoms with Crippen LogP contribution < -0.4 is 5.32 Å². The highest BCUT2D eigenvalue weighted by molar-refractivity contribution is 8.01. The van der Waals surface area contributed by atoms with Gasteiger partial charge in [-0.15, -0.1) is 0 Å². The van der Waals surface area contributed by atoms with E-state index < -0.39 is 4.45 Å². The molecule has 0 aliphatic carbocycles. The molecule has 1 aliphatic rings. The van der Waals surface area contributed by atoms with Gasteiger partial charge in [-0.25, -0.2) is 4.99 Å². The molecule has 15 heavy (non-hydrogen) atoms. The zero-order valence-electron chi connectivity index (χ0n) is 7.65. The summed E-state index contributed by atoms with van der Waals surface area (Å²) < 4.78 is -0.845. The lowest BCUT2D eigenvalue weighted by Crippen LogP contribution is -2.32.